The highest BCUT2D eigenvalue weighted by molar-refractivity contribution is 5.75. The van der Waals surface area contributed by atoms with E-state index in [1.807, 2.05) is 0 Å². The number of carbonyl (C=O) groups excluding carboxylic acids is 1. The lowest BCUT2D eigenvalue weighted by molar-refractivity contribution is -0.121. The number of carbonyl (C=O) groups is 1. The number of hydrogen-bond donors (Lipinski definition) is 4. The van der Waals surface area contributed by atoms with Crippen molar-refractivity contribution in [1.82, 2.24) is 5.32 Å². The molecule has 0 aromatic heterocycles. The lowest BCUT2D eigenvalue weighted by atomic mass is 10.1. The van der Waals surface area contributed by atoms with Crippen LogP contribution in [0.15, 0.2) is 48.6 Å². The van der Waals surface area contributed by atoms with Gasteiger partial charge in [0.2, 0.25) is 5.91 Å². The molecule has 2 aromatic rings. The Kier molecular flexibility index (Phi) is 13.2. The van der Waals surface area contributed by atoms with Crippen molar-refractivity contribution in [3.8, 4) is 23.0 Å². The molecule has 0 aliphatic rings. The van der Waals surface area contributed by atoms with Crippen LogP contribution in [0.2, 0.25) is 0 Å². The molecule has 2 aromatic carbocycles. The summed E-state index contributed by atoms with van der Waals surface area (Å²) in [6.45, 7) is 5.21. The van der Waals surface area contributed by atoms with Crippen molar-refractivity contribution in [2.24, 2.45) is 11.7 Å². The van der Waals surface area contributed by atoms with Gasteiger partial charge in [-0.3, -0.25) is 4.79 Å². The van der Waals surface area contributed by atoms with E-state index in [1.165, 1.54) is 14.2 Å². The zero-order valence-corrected chi connectivity index (χ0v) is 20.1. The Morgan fingerprint density at radius 3 is 2.12 bits per heavy atom. The Morgan fingerprint density at radius 1 is 1.00 bits per heavy atom. The summed E-state index contributed by atoms with van der Waals surface area (Å²) in [5.41, 5.74) is 7.24. The SMILES string of the molecule is COc1cc(CN)ccc1O.COc1cc(CNC(=O)CCCCC=CC(C)C)ccc1O. The van der Waals surface area contributed by atoms with Gasteiger partial charge in [0, 0.05) is 19.5 Å². The first kappa shape index (κ1) is 27.8. The highest BCUT2D eigenvalue weighted by atomic mass is 16.5. The van der Waals surface area contributed by atoms with E-state index >= 15 is 0 Å². The van der Waals surface area contributed by atoms with E-state index < -0.39 is 0 Å². The van der Waals surface area contributed by atoms with Gasteiger partial charge in [-0.2, -0.15) is 0 Å². The summed E-state index contributed by atoms with van der Waals surface area (Å²) >= 11 is 0. The van der Waals surface area contributed by atoms with Crippen molar-refractivity contribution in [2.45, 2.75) is 52.6 Å². The first-order valence-corrected chi connectivity index (χ1v) is 11.2. The molecule has 0 saturated heterocycles. The largest absolute Gasteiger partial charge is 0.504 e. The number of amides is 1. The molecule has 0 bridgehead atoms. The Balaban J connectivity index is 0.000000412. The van der Waals surface area contributed by atoms with Crippen molar-refractivity contribution < 1.29 is 24.5 Å². The first-order valence-electron chi connectivity index (χ1n) is 11.2. The van der Waals surface area contributed by atoms with Crippen LogP contribution >= 0.6 is 0 Å². The molecule has 33 heavy (non-hydrogen) atoms. The Hall–Kier alpha value is -3.19. The van der Waals surface area contributed by atoms with E-state index in [-0.39, 0.29) is 17.4 Å². The Labute approximate surface area is 197 Å². The third-order valence-electron chi connectivity index (χ3n) is 4.76. The zero-order valence-electron chi connectivity index (χ0n) is 20.1. The van der Waals surface area contributed by atoms with Gasteiger partial charge in [0.25, 0.3) is 0 Å². The molecule has 0 aliphatic carbocycles. The molecule has 0 aliphatic heterocycles. The highest BCUT2D eigenvalue weighted by Gasteiger charge is 2.05. The second-order valence-electron chi connectivity index (χ2n) is 7.91. The minimum absolute atomic E-state index is 0.0554. The zero-order chi connectivity index (χ0) is 24.6. The number of ether oxygens (including phenoxy) is 2. The van der Waals surface area contributed by atoms with Crippen LogP contribution in [0.4, 0.5) is 0 Å². The maximum atomic E-state index is 11.8. The van der Waals surface area contributed by atoms with Gasteiger partial charge in [-0.25, -0.2) is 0 Å². The average Bonchev–Trinajstić information content (AvgIpc) is 2.81. The van der Waals surface area contributed by atoms with Gasteiger partial charge in [-0.05, 0) is 60.6 Å². The van der Waals surface area contributed by atoms with E-state index in [0.29, 0.717) is 36.9 Å². The van der Waals surface area contributed by atoms with Crippen LogP contribution in [0.5, 0.6) is 23.0 Å². The lowest BCUT2D eigenvalue weighted by Crippen LogP contribution is -2.22. The number of aromatic hydroxyl groups is 2. The number of phenolic OH excluding ortho intramolecular Hbond substituents is 2. The quantitative estimate of drug-likeness (QED) is 0.288. The normalized spacial score (nSPS) is 10.6. The molecule has 0 atom stereocenters. The maximum absolute atomic E-state index is 11.8. The number of benzene rings is 2. The monoisotopic (exact) mass is 458 g/mol. The molecule has 1 amide bonds. The van der Waals surface area contributed by atoms with Crippen molar-refractivity contribution in [1.29, 1.82) is 0 Å². The summed E-state index contributed by atoms with van der Waals surface area (Å²) in [7, 11) is 3.01. The lowest BCUT2D eigenvalue weighted by Gasteiger charge is -2.08. The molecule has 182 valence electrons. The Morgan fingerprint density at radius 2 is 1.58 bits per heavy atom. The molecular weight excluding hydrogens is 420 g/mol. The molecule has 0 radical (unpaired) electrons. The van der Waals surface area contributed by atoms with Gasteiger partial charge >= 0.3 is 0 Å². The fourth-order valence-corrected chi connectivity index (χ4v) is 2.89. The third-order valence-corrected chi connectivity index (χ3v) is 4.76. The van der Waals surface area contributed by atoms with Crippen molar-refractivity contribution in [3.63, 3.8) is 0 Å². The van der Waals surface area contributed by atoms with Crippen LogP contribution < -0.4 is 20.5 Å². The Bertz CT molecular complexity index is 881. The van der Waals surface area contributed by atoms with Crippen LogP contribution in [-0.2, 0) is 17.9 Å². The van der Waals surface area contributed by atoms with Crippen LogP contribution in [-0.4, -0.2) is 30.3 Å². The molecule has 7 nitrogen and oxygen atoms in total. The van der Waals surface area contributed by atoms with Crippen LogP contribution in [0.3, 0.4) is 0 Å². The fourth-order valence-electron chi connectivity index (χ4n) is 2.89. The van der Waals surface area contributed by atoms with Gasteiger partial charge in [0.15, 0.2) is 23.0 Å². The minimum Gasteiger partial charge on any atom is -0.504 e. The number of nitrogens with two attached hydrogens (primary N) is 1. The summed E-state index contributed by atoms with van der Waals surface area (Å²) < 4.78 is 9.92. The van der Waals surface area contributed by atoms with Crippen molar-refractivity contribution in [3.05, 3.63) is 59.7 Å². The standard InChI is InChI=1S/C18H27NO3.C8H11NO2/c1-14(2)8-6-4-5-7-9-18(21)19-13-15-10-11-16(20)17(12-15)22-3;1-11-8-4-6(5-9)2-3-7(8)10/h6,8,10-12,14,20H,4-5,7,9,13H2,1-3H3,(H,19,21);2-4,10H,5,9H2,1H3. The number of allylic oxidation sites excluding steroid dienone is 2. The summed E-state index contributed by atoms with van der Waals surface area (Å²) in [5, 5.41) is 21.6. The average molecular weight is 459 g/mol. The molecule has 7 heteroatoms. The number of rotatable bonds is 11. The van der Waals surface area contributed by atoms with E-state index in [0.717, 1.165) is 30.4 Å². The number of unbranched alkanes of at least 4 members (excludes halogenated alkanes) is 2. The molecular formula is C26H38N2O5. The molecule has 5 N–H and O–H groups in total. The van der Waals surface area contributed by atoms with Crippen molar-refractivity contribution >= 4 is 5.91 Å². The molecule has 0 heterocycles. The van der Waals surface area contributed by atoms with Gasteiger partial charge in [-0.15, -0.1) is 0 Å². The highest BCUT2D eigenvalue weighted by Crippen LogP contribution is 2.26. The number of hydrogen-bond acceptors (Lipinski definition) is 6. The topological polar surface area (TPSA) is 114 Å². The molecule has 0 spiro atoms. The predicted molar refractivity (Wildman–Crippen MR) is 132 cm³/mol. The molecule has 0 fully saturated rings. The van der Waals surface area contributed by atoms with Gasteiger partial charge in [0.1, 0.15) is 0 Å². The number of methoxy groups -OCH3 is 2. The number of phenols is 2. The van der Waals surface area contributed by atoms with E-state index in [1.54, 1.807) is 36.4 Å². The molecule has 0 saturated carbocycles. The molecule has 0 unspecified atom stereocenters. The number of nitrogens with one attached hydrogen (secondary N) is 1. The summed E-state index contributed by atoms with van der Waals surface area (Å²) in [4.78, 5) is 11.8. The van der Waals surface area contributed by atoms with Crippen LogP contribution in [0.25, 0.3) is 0 Å². The first-order chi connectivity index (χ1) is 15.8. The minimum atomic E-state index is 0.0554. The van der Waals surface area contributed by atoms with E-state index in [4.69, 9.17) is 20.3 Å². The predicted octanol–water partition coefficient (Wildman–Crippen LogP) is 4.65. The van der Waals surface area contributed by atoms with Gasteiger partial charge < -0.3 is 30.7 Å². The summed E-state index contributed by atoms with van der Waals surface area (Å²) in [5.74, 6) is 1.78. The maximum Gasteiger partial charge on any atom is 0.220 e. The van der Waals surface area contributed by atoms with Crippen LogP contribution in [0.1, 0.15) is 50.7 Å². The molecule has 2 rings (SSSR count). The van der Waals surface area contributed by atoms with E-state index in [2.05, 4.69) is 31.3 Å². The van der Waals surface area contributed by atoms with Gasteiger partial charge in [0.05, 0.1) is 14.2 Å². The van der Waals surface area contributed by atoms with Gasteiger partial charge in [-0.1, -0.05) is 38.1 Å². The smallest absolute Gasteiger partial charge is 0.220 e. The summed E-state index contributed by atoms with van der Waals surface area (Å²) in [6, 6.07) is 10.1. The van der Waals surface area contributed by atoms with Crippen molar-refractivity contribution in [2.75, 3.05) is 14.2 Å². The second-order valence-corrected chi connectivity index (χ2v) is 7.91. The fraction of sp³-hybridized carbons (Fsp3) is 0.423. The van der Waals surface area contributed by atoms with E-state index in [9.17, 15) is 9.90 Å². The third kappa shape index (κ3) is 11.3. The second kappa shape index (κ2) is 15.6. The summed E-state index contributed by atoms with van der Waals surface area (Å²) in [6.07, 6.45) is 7.88. The van der Waals surface area contributed by atoms with Crippen LogP contribution in [0, 0.1) is 5.92 Å².